The minimum atomic E-state index is -3.76. The van der Waals surface area contributed by atoms with Crippen LogP contribution in [0.15, 0.2) is 71.6 Å². The highest BCUT2D eigenvalue weighted by atomic mass is 32.2. The zero-order valence-electron chi connectivity index (χ0n) is 19.4. The summed E-state index contributed by atoms with van der Waals surface area (Å²) in [6.45, 7) is 8.47. The van der Waals surface area contributed by atoms with Gasteiger partial charge in [-0.3, -0.25) is 9.52 Å². The van der Waals surface area contributed by atoms with Crippen molar-refractivity contribution in [2.75, 3.05) is 17.9 Å². The second-order valence-electron chi connectivity index (χ2n) is 8.19. The SMILES string of the molecule is Cc1ccc(S(=O)(=O)Nc2cccc(C(=O)NCCOc3ccccc3C(C)C)c2C)cc1. The maximum Gasteiger partial charge on any atom is 0.261 e. The minimum absolute atomic E-state index is 0.168. The minimum Gasteiger partial charge on any atom is -0.491 e. The van der Waals surface area contributed by atoms with E-state index in [2.05, 4.69) is 23.9 Å². The van der Waals surface area contributed by atoms with Crippen LogP contribution in [0.3, 0.4) is 0 Å². The molecular formula is C26H30N2O4S. The van der Waals surface area contributed by atoms with E-state index in [9.17, 15) is 13.2 Å². The Morgan fingerprint density at radius 3 is 2.33 bits per heavy atom. The van der Waals surface area contributed by atoms with E-state index in [1.54, 1.807) is 49.4 Å². The Morgan fingerprint density at radius 2 is 1.64 bits per heavy atom. The third-order valence-corrected chi connectivity index (χ3v) is 6.72. The summed E-state index contributed by atoms with van der Waals surface area (Å²) in [4.78, 5) is 12.9. The molecule has 0 radical (unpaired) electrons. The lowest BCUT2D eigenvalue weighted by molar-refractivity contribution is 0.0946. The zero-order chi connectivity index (χ0) is 24.0. The van der Waals surface area contributed by atoms with Crippen molar-refractivity contribution in [1.29, 1.82) is 0 Å². The molecule has 0 heterocycles. The third kappa shape index (κ3) is 6.14. The van der Waals surface area contributed by atoms with Crippen LogP contribution in [0.1, 0.15) is 46.8 Å². The van der Waals surface area contributed by atoms with Gasteiger partial charge in [0.05, 0.1) is 17.1 Å². The van der Waals surface area contributed by atoms with E-state index < -0.39 is 10.0 Å². The van der Waals surface area contributed by atoms with Gasteiger partial charge in [-0.15, -0.1) is 0 Å². The monoisotopic (exact) mass is 466 g/mol. The van der Waals surface area contributed by atoms with Gasteiger partial charge in [-0.2, -0.15) is 0 Å². The van der Waals surface area contributed by atoms with Gasteiger partial charge in [0.2, 0.25) is 0 Å². The Morgan fingerprint density at radius 1 is 0.939 bits per heavy atom. The molecule has 3 rings (SSSR count). The predicted molar refractivity (Wildman–Crippen MR) is 132 cm³/mol. The second-order valence-corrected chi connectivity index (χ2v) is 9.88. The summed E-state index contributed by atoms with van der Waals surface area (Å²) in [7, 11) is -3.76. The van der Waals surface area contributed by atoms with Crippen molar-refractivity contribution >= 4 is 21.6 Å². The van der Waals surface area contributed by atoms with Crippen molar-refractivity contribution in [3.63, 3.8) is 0 Å². The predicted octanol–water partition coefficient (Wildman–Crippen LogP) is 5.04. The van der Waals surface area contributed by atoms with Crippen LogP contribution in [0.2, 0.25) is 0 Å². The molecule has 174 valence electrons. The smallest absolute Gasteiger partial charge is 0.261 e. The normalized spacial score (nSPS) is 11.3. The number of amides is 1. The van der Waals surface area contributed by atoms with Crippen LogP contribution in [0, 0.1) is 13.8 Å². The lowest BCUT2D eigenvalue weighted by Gasteiger charge is -2.15. The van der Waals surface area contributed by atoms with Crippen molar-refractivity contribution in [2.45, 2.75) is 38.5 Å². The summed E-state index contributed by atoms with van der Waals surface area (Å²) < 4.78 is 33.9. The molecule has 0 unspecified atom stereocenters. The number of benzene rings is 3. The number of carbonyl (C=O) groups excluding carboxylic acids is 1. The highest BCUT2D eigenvalue weighted by molar-refractivity contribution is 7.92. The van der Waals surface area contributed by atoms with Gasteiger partial charge in [-0.25, -0.2) is 8.42 Å². The van der Waals surface area contributed by atoms with Gasteiger partial charge >= 0.3 is 0 Å². The Labute approximate surface area is 196 Å². The van der Waals surface area contributed by atoms with Gasteiger partial charge in [0.1, 0.15) is 12.4 Å². The number of ether oxygens (including phenoxy) is 1. The van der Waals surface area contributed by atoms with E-state index in [1.165, 1.54) is 0 Å². The molecule has 7 heteroatoms. The van der Waals surface area contributed by atoms with Crippen molar-refractivity contribution in [3.05, 3.63) is 89.0 Å². The molecular weight excluding hydrogens is 436 g/mol. The standard InChI is InChI=1S/C26H30N2O4S/c1-18(2)22-8-5-6-11-25(22)32-17-16-27-26(29)23-9-7-10-24(20(23)4)28-33(30,31)21-14-12-19(3)13-15-21/h5-15,18,28H,16-17H2,1-4H3,(H,27,29). The van der Waals surface area contributed by atoms with E-state index in [0.717, 1.165) is 16.9 Å². The van der Waals surface area contributed by atoms with Crippen LogP contribution in [-0.4, -0.2) is 27.5 Å². The second kappa shape index (κ2) is 10.5. The van der Waals surface area contributed by atoms with Gasteiger partial charge < -0.3 is 10.1 Å². The molecule has 0 aliphatic rings. The number of anilines is 1. The fourth-order valence-electron chi connectivity index (χ4n) is 3.42. The first-order valence-corrected chi connectivity index (χ1v) is 12.4. The number of hydrogen-bond acceptors (Lipinski definition) is 4. The molecule has 0 saturated carbocycles. The van der Waals surface area contributed by atoms with Crippen LogP contribution in [0.5, 0.6) is 5.75 Å². The first-order chi connectivity index (χ1) is 15.7. The molecule has 3 aromatic carbocycles. The maximum atomic E-state index is 12.7. The Hall–Kier alpha value is -3.32. The lowest BCUT2D eigenvalue weighted by Crippen LogP contribution is -2.29. The van der Waals surface area contributed by atoms with E-state index in [4.69, 9.17) is 4.74 Å². The number of para-hydroxylation sites is 1. The van der Waals surface area contributed by atoms with E-state index in [1.807, 2.05) is 31.2 Å². The molecule has 0 spiro atoms. The number of nitrogens with one attached hydrogen (secondary N) is 2. The summed E-state index contributed by atoms with van der Waals surface area (Å²) in [5, 5.41) is 2.85. The molecule has 0 fully saturated rings. The summed E-state index contributed by atoms with van der Waals surface area (Å²) in [6, 6.07) is 19.4. The van der Waals surface area contributed by atoms with Crippen LogP contribution in [0.4, 0.5) is 5.69 Å². The molecule has 0 atom stereocenters. The average molecular weight is 467 g/mol. The van der Waals surface area contributed by atoms with Crippen LogP contribution >= 0.6 is 0 Å². The Balaban J connectivity index is 1.64. The topological polar surface area (TPSA) is 84.5 Å². The number of rotatable bonds is 9. The number of aryl methyl sites for hydroxylation is 1. The van der Waals surface area contributed by atoms with Gasteiger partial charge in [0, 0.05) is 5.56 Å². The van der Waals surface area contributed by atoms with Crippen LogP contribution in [0.25, 0.3) is 0 Å². The molecule has 6 nitrogen and oxygen atoms in total. The maximum absolute atomic E-state index is 12.7. The first-order valence-electron chi connectivity index (χ1n) is 10.9. The molecule has 3 aromatic rings. The van der Waals surface area contributed by atoms with E-state index >= 15 is 0 Å². The highest BCUT2D eigenvalue weighted by Crippen LogP contribution is 2.26. The lowest BCUT2D eigenvalue weighted by atomic mass is 10.0. The number of carbonyl (C=O) groups is 1. The fraction of sp³-hybridized carbons (Fsp3) is 0.269. The molecule has 2 N–H and O–H groups in total. The number of sulfonamides is 1. The molecule has 0 saturated heterocycles. The van der Waals surface area contributed by atoms with E-state index in [-0.39, 0.29) is 10.8 Å². The molecule has 1 amide bonds. The largest absolute Gasteiger partial charge is 0.491 e. The average Bonchev–Trinajstić information content (AvgIpc) is 2.78. The summed E-state index contributed by atoms with van der Waals surface area (Å²) >= 11 is 0. The summed E-state index contributed by atoms with van der Waals surface area (Å²) in [5.74, 6) is 0.861. The highest BCUT2D eigenvalue weighted by Gasteiger charge is 2.18. The molecule has 0 aliphatic heterocycles. The summed E-state index contributed by atoms with van der Waals surface area (Å²) in [5.41, 5.74) is 3.41. The summed E-state index contributed by atoms with van der Waals surface area (Å²) in [6.07, 6.45) is 0. The van der Waals surface area contributed by atoms with Gasteiger partial charge in [-0.05, 0) is 61.2 Å². The third-order valence-electron chi connectivity index (χ3n) is 5.34. The Bertz CT molecular complexity index is 1220. The van der Waals surface area contributed by atoms with Gasteiger partial charge in [-0.1, -0.05) is 55.8 Å². The van der Waals surface area contributed by atoms with Crippen molar-refractivity contribution in [1.82, 2.24) is 5.32 Å². The van der Waals surface area contributed by atoms with Crippen LogP contribution in [-0.2, 0) is 10.0 Å². The van der Waals surface area contributed by atoms with Crippen molar-refractivity contribution in [2.24, 2.45) is 0 Å². The molecule has 0 aromatic heterocycles. The fourth-order valence-corrected chi connectivity index (χ4v) is 4.55. The van der Waals surface area contributed by atoms with Crippen molar-refractivity contribution in [3.8, 4) is 5.75 Å². The number of hydrogen-bond donors (Lipinski definition) is 2. The Kier molecular flexibility index (Phi) is 7.76. The zero-order valence-corrected chi connectivity index (χ0v) is 20.2. The molecule has 33 heavy (non-hydrogen) atoms. The van der Waals surface area contributed by atoms with Crippen LogP contribution < -0.4 is 14.8 Å². The molecule has 0 bridgehead atoms. The first kappa shape index (κ1) is 24.3. The van der Waals surface area contributed by atoms with Gasteiger partial charge in [0.25, 0.3) is 15.9 Å². The van der Waals surface area contributed by atoms with Gasteiger partial charge in [0.15, 0.2) is 0 Å². The molecule has 0 aliphatic carbocycles. The quantitative estimate of drug-likeness (QED) is 0.433. The van der Waals surface area contributed by atoms with Crippen molar-refractivity contribution < 1.29 is 17.9 Å². The van der Waals surface area contributed by atoms with E-state index in [0.29, 0.717) is 35.9 Å².